The zero-order chi connectivity index (χ0) is 18.5. The van der Waals surface area contributed by atoms with Gasteiger partial charge in [0.1, 0.15) is 11.5 Å². The van der Waals surface area contributed by atoms with E-state index in [1.807, 2.05) is 18.2 Å². The van der Waals surface area contributed by atoms with Crippen molar-refractivity contribution in [2.75, 3.05) is 5.32 Å². The highest BCUT2D eigenvalue weighted by molar-refractivity contribution is 6.30. The number of aromatic carboxylic acids is 1. The number of para-hydroxylation sites is 1. The number of halogens is 1. The molecule has 0 saturated carbocycles. The van der Waals surface area contributed by atoms with Crippen LogP contribution in [0.3, 0.4) is 0 Å². The van der Waals surface area contributed by atoms with E-state index in [2.05, 4.69) is 5.32 Å². The van der Waals surface area contributed by atoms with Crippen LogP contribution < -0.4 is 10.1 Å². The maximum atomic E-state index is 12.4. The minimum atomic E-state index is -1.15. The van der Waals surface area contributed by atoms with Crippen LogP contribution in [0.15, 0.2) is 72.8 Å². The number of amides is 1. The zero-order valence-corrected chi connectivity index (χ0v) is 14.2. The van der Waals surface area contributed by atoms with E-state index in [0.717, 1.165) is 0 Å². The van der Waals surface area contributed by atoms with Gasteiger partial charge in [0.15, 0.2) is 0 Å². The van der Waals surface area contributed by atoms with Gasteiger partial charge in [0.05, 0.1) is 11.3 Å². The molecule has 0 heterocycles. The summed E-state index contributed by atoms with van der Waals surface area (Å²) in [6.07, 6.45) is 0. The van der Waals surface area contributed by atoms with Crippen molar-refractivity contribution in [3.63, 3.8) is 0 Å². The number of anilines is 1. The van der Waals surface area contributed by atoms with Crippen LogP contribution >= 0.6 is 11.6 Å². The fourth-order valence-corrected chi connectivity index (χ4v) is 2.42. The number of carbonyl (C=O) groups excluding carboxylic acids is 1. The van der Waals surface area contributed by atoms with Gasteiger partial charge in [-0.3, -0.25) is 4.79 Å². The van der Waals surface area contributed by atoms with E-state index < -0.39 is 11.9 Å². The molecule has 3 aromatic carbocycles. The van der Waals surface area contributed by atoms with Gasteiger partial charge in [-0.25, -0.2) is 4.79 Å². The first-order chi connectivity index (χ1) is 12.5. The molecule has 0 aliphatic rings. The summed E-state index contributed by atoms with van der Waals surface area (Å²) in [6, 6.07) is 19.7. The van der Waals surface area contributed by atoms with Crippen LogP contribution in [-0.4, -0.2) is 17.0 Å². The summed E-state index contributed by atoms with van der Waals surface area (Å²) in [5.74, 6) is -0.582. The second-order valence-electron chi connectivity index (χ2n) is 5.39. The van der Waals surface area contributed by atoms with Gasteiger partial charge in [-0.05, 0) is 48.5 Å². The molecule has 0 unspecified atom stereocenters. The first kappa shape index (κ1) is 17.5. The Hall–Kier alpha value is -3.31. The predicted molar refractivity (Wildman–Crippen MR) is 99.3 cm³/mol. The summed E-state index contributed by atoms with van der Waals surface area (Å²) in [5, 5.41) is 12.5. The van der Waals surface area contributed by atoms with E-state index in [4.69, 9.17) is 16.3 Å². The minimum absolute atomic E-state index is 0.0345. The summed E-state index contributed by atoms with van der Waals surface area (Å²) >= 11 is 5.82. The van der Waals surface area contributed by atoms with E-state index >= 15 is 0 Å². The van der Waals surface area contributed by atoms with Crippen LogP contribution in [0.4, 0.5) is 5.69 Å². The lowest BCUT2D eigenvalue weighted by atomic mass is 10.1. The number of ether oxygens (including phenoxy) is 1. The van der Waals surface area contributed by atoms with Crippen molar-refractivity contribution < 1.29 is 19.4 Å². The van der Waals surface area contributed by atoms with Crippen molar-refractivity contribution in [2.45, 2.75) is 0 Å². The third kappa shape index (κ3) is 4.20. The van der Waals surface area contributed by atoms with Crippen molar-refractivity contribution in [1.29, 1.82) is 0 Å². The van der Waals surface area contributed by atoms with Crippen LogP contribution in [0.1, 0.15) is 20.7 Å². The molecular weight excluding hydrogens is 354 g/mol. The molecule has 0 saturated heterocycles. The van der Waals surface area contributed by atoms with Gasteiger partial charge in [-0.15, -0.1) is 0 Å². The van der Waals surface area contributed by atoms with Crippen molar-refractivity contribution in [3.8, 4) is 11.5 Å². The number of carboxylic acid groups (broad SMARTS) is 1. The van der Waals surface area contributed by atoms with Gasteiger partial charge < -0.3 is 15.2 Å². The molecule has 3 rings (SSSR count). The molecule has 0 spiro atoms. The topological polar surface area (TPSA) is 75.6 Å². The summed E-state index contributed by atoms with van der Waals surface area (Å²) in [5.41, 5.74) is 0.471. The Morgan fingerprint density at radius 3 is 2.23 bits per heavy atom. The largest absolute Gasteiger partial charge is 0.478 e. The number of hydrogen-bond donors (Lipinski definition) is 2. The van der Waals surface area contributed by atoms with E-state index in [0.29, 0.717) is 22.1 Å². The molecule has 130 valence electrons. The van der Waals surface area contributed by atoms with Gasteiger partial charge >= 0.3 is 5.97 Å². The van der Waals surface area contributed by atoms with Crippen LogP contribution in [0, 0.1) is 0 Å². The van der Waals surface area contributed by atoms with Crippen molar-refractivity contribution in [1.82, 2.24) is 0 Å². The lowest BCUT2D eigenvalue weighted by molar-refractivity contribution is 0.0698. The van der Waals surface area contributed by atoms with E-state index in [1.54, 1.807) is 36.4 Å². The number of carboxylic acids is 1. The quantitative estimate of drug-likeness (QED) is 0.659. The Morgan fingerprint density at radius 1 is 0.885 bits per heavy atom. The van der Waals surface area contributed by atoms with E-state index in [9.17, 15) is 14.7 Å². The normalized spacial score (nSPS) is 10.2. The molecule has 3 aromatic rings. The molecule has 0 fully saturated rings. The molecule has 1 amide bonds. The third-order valence-electron chi connectivity index (χ3n) is 3.55. The molecule has 0 aromatic heterocycles. The second kappa shape index (κ2) is 7.72. The Labute approximate surface area is 154 Å². The summed E-state index contributed by atoms with van der Waals surface area (Å²) < 4.78 is 5.70. The average molecular weight is 368 g/mol. The van der Waals surface area contributed by atoms with Crippen molar-refractivity contribution in [2.24, 2.45) is 0 Å². The van der Waals surface area contributed by atoms with Gasteiger partial charge in [0.25, 0.3) is 5.91 Å². The van der Waals surface area contributed by atoms with Gasteiger partial charge in [0, 0.05) is 16.7 Å². The highest BCUT2D eigenvalue weighted by Crippen LogP contribution is 2.27. The first-order valence-corrected chi connectivity index (χ1v) is 8.08. The fourth-order valence-electron chi connectivity index (χ4n) is 2.30. The van der Waals surface area contributed by atoms with Crippen LogP contribution in [0.2, 0.25) is 5.02 Å². The number of nitrogens with one attached hydrogen (secondary N) is 1. The molecule has 6 heteroatoms. The molecule has 0 atom stereocenters. The molecule has 5 nitrogen and oxygen atoms in total. The van der Waals surface area contributed by atoms with E-state index in [-0.39, 0.29) is 11.3 Å². The van der Waals surface area contributed by atoms with Crippen LogP contribution in [-0.2, 0) is 0 Å². The number of rotatable bonds is 5. The standard InChI is InChI=1S/C20H14ClNO4/c21-14-8-6-13(7-9-14)19(23)22-18-12-16(10-11-17(18)20(24)25)26-15-4-2-1-3-5-15/h1-12H,(H,22,23)(H,24,25). The van der Waals surface area contributed by atoms with Gasteiger partial charge in [-0.2, -0.15) is 0 Å². The molecule has 0 bridgehead atoms. The Morgan fingerprint density at radius 2 is 1.58 bits per heavy atom. The second-order valence-corrected chi connectivity index (χ2v) is 5.83. The Bertz CT molecular complexity index is 940. The SMILES string of the molecule is O=C(Nc1cc(Oc2ccccc2)ccc1C(=O)O)c1ccc(Cl)cc1. The molecule has 0 aliphatic heterocycles. The maximum absolute atomic E-state index is 12.4. The fraction of sp³-hybridized carbons (Fsp3) is 0. The highest BCUT2D eigenvalue weighted by atomic mass is 35.5. The van der Waals surface area contributed by atoms with Crippen molar-refractivity contribution in [3.05, 3.63) is 88.9 Å². The number of benzene rings is 3. The van der Waals surface area contributed by atoms with E-state index in [1.165, 1.54) is 18.2 Å². The lowest BCUT2D eigenvalue weighted by Gasteiger charge is -2.12. The predicted octanol–water partition coefficient (Wildman–Crippen LogP) is 5.08. The molecule has 0 radical (unpaired) electrons. The minimum Gasteiger partial charge on any atom is -0.478 e. The summed E-state index contributed by atoms with van der Waals surface area (Å²) in [6.45, 7) is 0. The van der Waals surface area contributed by atoms with Gasteiger partial charge in [-0.1, -0.05) is 29.8 Å². The third-order valence-corrected chi connectivity index (χ3v) is 3.81. The number of carbonyl (C=O) groups is 2. The lowest BCUT2D eigenvalue weighted by Crippen LogP contribution is -2.14. The zero-order valence-electron chi connectivity index (χ0n) is 13.5. The van der Waals surface area contributed by atoms with Crippen molar-refractivity contribution >= 4 is 29.2 Å². The monoisotopic (exact) mass is 367 g/mol. The molecular formula is C20H14ClNO4. The Balaban J connectivity index is 1.88. The first-order valence-electron chi connectivity index (χ1n) is 7.70. The summed E-state index contributed by atoms with van der Waals surface area (Å²) in [4.78, 5) is 23.8. The Kier molecular flexibility index (Phi) is 5.20. The summed E-state index contributed by atoms with van der Waals surface area (Å²) in [7, 11) is 0. The maximum Gasteiger partial charge on any atom is 0.337 e. The number of hydrogen-bond acceptors (Lipinski definition) is 3. The average Bonchev–Trinajstić information content (AvgIpc) is 2.63. The highest BCUT2D eigenvalue weighted by Gasteiger charge is 2.15. The van der Waals surface area contributed by atoms with Crippen LogP contribution in [0.5, 0.6) is 11.5 Å². The molecule has 0 aliphatic carbocycles. The van der Waals surface area contributed by atoms with Crippen LogP contribution in [0.25, 0.3) is 0 Å². The smallest absolute Gasteiger partial charge is 0.337 e. The molecule has 2 N–H and O–H groups in total. The van der Waals surface area contributed by atoms with Gasteiger partial charge in [0.2, 0.25) is 0 Å². The molecule has 26 heavy (non-hydrogen) atoms.